The lowest BCUT2D eigenvalue weighted by molar-refractivity contribution is -0.137. The Labute approximate surface area is 246 Å². The lowest BCUT2D eigenvalue weighted by Gasteiger charge is -2.38. The molecule has 2 bridgehead atoms. The molecule has 6 rings (SSSR count). The number of nitriles is 2. The molecule has 12 nitrogen and oxygen atoms in total. The van der Waals surface area contributed by atoms with Crippen LogP contribution in [0.25, 0.3) is 27.5 Å². The average Bonchev–Trinajstić information content (AvgIpc) is 3.68. The van der Waals surface area contributed by atoms with E-state index in [-0.39, 0.29) is 23.8 Å². The minimum atomic E-state index is -1.41. The minimum Gasteiger partial charge on any atom is -0.381 e. The number of aliphatic hydroxyl groups is 1. The van der Waals surface area contributed by atoms with Gasteiger partial charge in [0.25, 0.3) is 5.91 Å². The van der Waals surface area contributed by atoms with Gasteiger partial charge in [0.1, 0.15) is 17.7 Å². The van der Waals surface area contributed by atoms with E-state index in [2.05, 4.69) is 43.0 Å². The molecule has 1 saturated heterocycles. The van der Waals surface area contributed by atoms with Crippen molar-refractivity contribution in [1.29, 1.82) is 10.5 Å². The van der Waals surface area contributed by atoms with E-state index in [0.29, 0.717) is 22.0 Å². The molecule has 2 fully saturated rings. The number of carbonyl (C=O) groups is 1. The van der Waals surface area contributed by atoms with Gasteiger partial charge in [-0.15, -0.1) is 10.2 Å². The van der Waals surface area contributed by atoms with Gasteiger partial charge in [-0.3, -0.25) is 9.78 Å². The number of anilines is 2. The molecule has 1 amide bonds. The van der Waals surface area contributed by atoms with Gasteiger partial charge in [0.05, 0.1) is 40.3 Å². The molecule has 214 valence electrons. The smallest absolute Gasteiger partial charge is 0.251 e. The highest BCUT2D eigenvalue weighted by Gasteiger charge is 2.44. The van der Waals surface area contributed by atoms with Crippen LogP contribution in [0.3, 0.4) is 0 Å². The average molecular weight is 583 g/mol. The Morgan fingerprint density at radius 3 is 2.62 bits per heavy atom. The quantitative estimate of drug-likeness (QED) is 0.294. The first-order chi connectivity index (χ1) is 20.1. The number of nitrogens with one attached hydrogen (secondary N) is 2. The first kappa shape index (κ1) is 27.6. The van der Waals surface area contributed by atoms with Crippen LogP contribution in [-0.4, -0.2) is 66.6 Å². The predicted molar refractivity (Wildman–Crippen MR) is 157 cm³/mol. The van der Waals surface area contributed by atoms with Gasteiger partial charge in [-0.1, -0.05) is 11.3 Å². The molecule has 4 aromatic heterocycles. The molecular weight excluding hydrogens is 552 g/mol. The summed E-state index contributed by atoms with van der Waals surface area (Å²) in [5.41, 5.74) is 2.69. The zero-order chi connectivity index (χ0) is 29.6. The molecule has 13 heteroatoms. The highest BCUT2D eigenvalue weighted by atomic mass is 32.1. The fraction of sp³-hybridized carbons (Fsp3) is 0.414. The SMILES string of the molecule is C[C@H](C#N)Nc1cc(-c2ccc3cc(C#N)cnn23)ncc1-c1nnc(N2C[C@H]3CC[C@@H](C2)[C@@H]3NC(=O)C(C)(C)O)s1. The lowest BCUT2D eigenvalue weighted by Crippen LogP contribution is -2.56. The fourth-order valence-electron chi connectivity index (χ4n) is 5.80. The van der Waals surface area contributed by atoms with Crippen LogP contribution in [0.15, 0.2) is 36.7 Å². The minimum absolute atomic E-state index is 0.0405. The van der Waals surface area contributed by atoms with E-state index in [1.165, 1.54) is 31.4 Å². The summed E-state index contributed by atoms with van der Waals surface area (Å²) >= 11 is 1.47. The van der Waals surface area contributed by atoms with Crippen molar-refractivity contribution >= 4 is 33.6 Å². The van der Waals surface area contributed by atoms with Crippen molar-refractivity contribution in [2.24, 2.45) is 11.8 Å². The molecule has 0 radical (unpaired) electrons. The first-order valence-electron chi connectivity index (χ1n) is 13.8. The van der Waals surface area contributed by atoms with Crippen molar-refractivity contribution < 1.29 is 9.90 Å². The van der Waals surface area contributed by atoms with Crippen LogP contribution in [0.5, 0.6) is 0 Å². The summed E-state index contributed by atoms with van der Waals surface area (Å²) in [7, 11) is 0. The molecule has 1 aliphatic carbocycles. The highest BCUT2D eigenvalue weighted by Crippen LogP contribution is 2.41. The molecule has 0 unspecified atom stereocenters. The number of aromatic nitrogens is 5. The molecule has 3 N–H and O–H groups in total. The van der Waals surface area contributed by atoms with E-state index in [1.54, 1.807) is 23.7 Å². The number of nitrogens with zero attached hydrogens (tertiary/aromatic N) is 8. The van der Waals surface area contributed by atoms with Crippen LogP contribution < -0.4 is 15.5 Å². The Kier molecular flexibility index (Phi) is 7.01. The van der Waals surface area contributed by atoms with Crippen molar-refractivity contribution in [2.75, 3.05) is 23.3 Å². The second-order valence-corrected chi connectivity index (χ2v) is 12.4. The van der Waals surface area contributed by atoms with Gasteiger partial charge in [0, 0.05) is 31.0 Å². The normalized spacial score (nSPS) is 20.6. The predicted octanol–water partition coefficient (Wildman–Crippen LogP) is 3.21. The summed E-state index contributed by atoms with van der Waals surface area (Å²) in [5, 5.41) is 50.1. The van der Waals surface area contributed by atoms with E-state index >= 15 is 0 Å². The van der Waals surface area contributed by atoms with Gasteiger partial charge in [0.15, 0.2) is 5.01 Å². The standard InChI is InChI=1S/C29H30N10O2S/c1-16(10-30)34-22-9-23(24-7-6-20-8-17(11-31)12-33-39(20)24)32-13-21(22)26-36-37-28(42-26)38-14-18-4-5-19(15-38)25(18)35-27(40)29(2,3)41/h6-9,12-13,16,18-19,25,41H,4-5,14-15H2,1-3H3,(H,32,34)(H,35,40)/t16-,18-,19+,25-/m1/s1. The van der Waals surface area contributed by atoms with E-state index < -0.39 is 11.6 Å². The maximum Gasteiger partial charge on any atom is 0.251 e. The Morgan fingerprint density at radius 1 is 1.17 bits per heavy atom. The van der Waals surface area contributed by atoms with Crippen LogP contribution in [0.2, 0.25) is 0 Å². The highest BCUT2D eigenvalue weighted by molar-refractivity contribution is 7.18. The van der Waals surface area contributed by atoms with Crippen LogP contribution >= 0.6 is 11.3 Å². The van der Waals surface area contributed by atoms with Gasteiger partial charge in [0.2, 0.25) is 5.13 Å². The van der Waals surface area contributed by atoms with Crippen molar-refractivity contribution in [2.45, 2.75) is 51.3 Å². The zero-order valence-corrected chi connectivity index (χ0v) is 24.3. The second-order valence-electron chi connectivity index (χ2n) is 11.5. The van der Waals surface area contributed by atoms with Gasteiger partial charge < -0.3 is 20.6 Å². The zero-order valence-electron chi connectivity index (χ0n) is 23.4. The Hall–Kier alpha value is -4.59. The van der Waals surface area contributed by atoms with Crippen LogP contribution in [0, 0.1) is 34.5 Å². The molecule has 0 spiro atoms. The lowest BCUT2D eigenvalue weighted by atomic mass is 9.91. The van der Waals surface area contributed by atoms with Crippen LogP contribution in [0.1, 0.15) is 39.2 Å². The third-order valence-corrected chi connectivity index (χ3v) is 8.98. The van der Waals surface area contributed by atoms with E-state index in [4.69, 9.17) is 4.98 Å². The molecule has 42 heavy (non-hydrogen) atoms. The van der Waals surface area contributed by atoms with E-state index in [0.717, 1.165) is 47.8 Å². The van der Waals surface area contributed by atoms with Crippen LogP contribution in [-0.2, 0) is 4.79 Å². The number of fused-ring (bicyclic) bond motifs is 3. The molecule has 4 atom stereocenters. The first-order valence-corrected chi connectivity index (χ1v) is 14.6. The van der Waals surface area contributed by atoms with Gasteiger partial charge in [-0.2, -0.15) is 15.6 Å². The molecule has 5 heterocycles. The third kappa shape index (κ3) is 5.13. The number of piperidine rings is 1. The largest absolute Gasteiger partial charge is 0.381 e. The Balaban J connectivity index is 1.27. The number of amides is 1. The van der Waals surface area contributed by atoms with Crippen LogP contribution in [0.4, 0.5) is 10.8 Å². The fourth-order valence-corrected chi connectivity index (χ4v) is 6.69. The van der Waals surface area contributed by atoms with Gasteiger partial charge in [-0.05, 0) is 69.7 Å². The molecular formula is C29H30N10O2S. The molecule has 2 aliphatic rings. The molecule has 4 aromatic rings. The Bertz CT molecular complexity index is 1730. The van der Waals surface area contributed by atoms with Gasteiger partial charge in [-0.25, -0.2) is 4.52 Å². The Morgan fingerprint density at radius 2 is 1.93 bits per heavy atom. The summed E-state index contributed by atoms with van der Waals surface area (Å²) in [4.78, 5) is 19.4. The monoisotopic (exact) mass is 582 g/mol. The van der Waals surface area contributed by atoms with Crippen molar-refractivity contribution in [3.63, 3.8) is 0 Å². The number of rotatable bonds is 7. The number of hydrogen-bond acceptors (Lipinski definition) is 11. The summed E-state index contributed by atoms with van der Waals surface area (Å²) in [6, 6.07) is 11.3. The summed E-state index contributed by atoms with van der Waals surface area (Å²) in [5.74, 6) is 0.202. The summed E-state index contributed by atoms with van der Waals surface area (Å²) in [6.45, 7) is 6.29. The molecule has 0 aromatic carbocycles. The number of pyridine rings is 1. The summed E-state index contributed by atoms with van der Waals surface area (Å²) in [6.07, 6.45) is 5.27. The summed E-state index contributed by atoms with van der Waals surface area (Å²) < 4.78 is 1.73. The van der Waals surface area contributed by atoms with Crippen molar-refractivity contribution in [1.82, 2.24) is 30.1 Å². The van der Waals surface area contributed by atoms with Gasteiger partial charge >= 0.3 is 0 Å². The third-order valence-electron chi connectivity index (χ3n) is 7.96. The maximum atomic E-state index is 12.4. The topological polar surface area (TPSA) is 168 Å². The van der Waals surface area contributed by atoms with E-state index in [9.17, 15) is 20.4 Å². The molecule has 1 saturated carbocycles. The number of carbonyl (C=O) groups excluding carboxylic acids is 1. The van der Waals surface area contributed by atoms with Crippen molar-refractivity contribution in [3.05, 3.63) is 42.2 Å². The van der Waals surface area contributed by atoms with Crippen molar-refractivity contribution in [3.8, 4) is 34.1 Å². The van der Waals surface area contributed by atoms with E-state index in [1.807, 2.05) is 18.2 Å². The maximum absolute atomic E-state index is 12.4. The number of hydrogen-bond donors (Lipinski definition) is 3. The second kappa shape index (κ2) is 10.7. The molecule has 1 aliphatic heterocycles.